The van der Waals surface area contributed by atoms with Crippen LogP contribution in [-0.2, 0) is 9.53 Å². The zero-order chi connectivity index (χ0) is 11.4. The van der Waals surface area contributed by atoms with Gasteiger partial charge in [-0.25, -0.2) is 4.79 Å². The number of nitrogens with two attached hydrogens (primary N) is 1. The van der Waals surface area contributed by atoms with Crippen molar-refractivity contribution in [1.82, 2.24) is 4.98 Å². The second-order valence-corrected chi connectivity index (χ2v) is 2.78. The van der Waals surface area contributed by atoms with E-state index in [2.05, 4.69) is 9.72 Å². The van der Waals surface area contributed by atoms with E-state index in [0.717, 1.165) is 0 Å². The molecule has 80 valence electrons. The Labute approximate surface area is 85.7 Å². The highest BCUT2D eigenvalue weighted by Crippen LogP contribution is 2.08. The van der Waals surface area contributed by atoms with Gasteiger partial charge in [0, 0.05) is 6.20 Å². The molecule has 0 bridgehead atoms. The molecule has 6 nitrogen and oxygen atoms in total. The molecule has 0 aliphatic rings. The number of pyridine rings is 1. The van der Waals surface area contributed by atoms with Gasteiger partial charge in [0.1, 0.15) is 6.04 Å². The Morgan fingerprint density at radius 2 is 2.20 bits per heavy atom. The summed E-state index contributed by atoms with van der Waals surface area (Å²) < 4.78 is 4.46. The van der Waals surface area contributed by atoms with Gasteiger partial charge in [0.25, 0.3) is 0 Å². The minimum Gasteiger partial charge on any atom is -0.480 e. The van der Waals surface area contributed by atoms with Gasteiger partial charge in [-0.3, -0.25) is 9.78 Å². The highest BCUT2D eigenvalue weighted by molar-refractivity contribution is 5.89. The topological polar surface area (TPSA) is 103 Å². The van der Waals surface area contributed by atoms with E-state index >= 15 is 0 Å². The lowest BCUT2D eigenvalue weighted by atomic mass is 10.2. The first-order chi connectivity index (χ1) is 7.06. The number of methoxy groups -OCH3 is 1. The molecule has 1 heterocycles. The number of carbonyl (C=O) groups excluding carboxylic acids is 1. The van der Waals surface area contributed by atoms with Crippen LogP contribution in [-0.4, -0.2) is 29.1 Å². The molecule has 6 heteroatoms. The number of carboxylic acid groups (broad SMARTS) is 1. The van der Waals surface area contributed by atoms with Crippen LogP contribution in [0.4, 0.5) is 0 Å². The predicted octanol–water partition coefficient (Wildman–Crippen LogP) is -0.0474. The number of rotatable bonds is 3. The third-order valence-electron chi connectivity index (χ3n) is 1.79. The van der Waals surface area contributed by atoms with Gasteiger partial charge in [0.2, 0.25) is 0 Å². The number of aliphatic carboxylic acids is 1. The maximum atomic E-state index is 11.0. The summed E-state index contributed by atoms with van der Waals surface area (Å²) in [6.45, 7) is 0. The Hall–Kier alpha value is -1.95. The molecular formula is C9H10N2O4. The molecule has 0 radical (unpaired) electrons. The average molecular weight is 210 g/mol. The van der Waals surface area contributed by atoms with Crippen molar-refractivity contribution in [3.8, 4) is 0 Å². The molecule has 0 fully saturated rings. The lowest BCUT2D eigenvalue weighted by molar-refractivity contribution is -0.138. The van der Waals surface area contributed by atoms with E-state index in [1.165, 1.54) is 25.4 Å². The number of carbonyl (C=O) groups is 2. The van der Waals surface area contributed by atoms with E-state index in [4.69, 9.17) is 10.8 Å². The van der Waals surface area contributed by atoms with Crippen LogP contribution in [0.25, 0.3) is 0 Å². The molecule has 0 saturated heterocycles. The Kier molecular flexibility index (Phi) is 3.35. The first-order valence-electron chi connectivity index (χ1n) is 4.09. The maximum Gasteiger partial charge on any atom is 0.339 e. The van der Waals surface area contributed by atoms with Gasteiger partial charge in [-0.1, -0.05) is 0 Å². The lowest BCUT2D eigenvalue weighted by Gasteiger charge is -2.05. The van der Waals surface area contributed by atoms with E-state index < -0.39 is 18.0 Å². The van der Waals surface area contributed by atoms with Crippen LogP contribution in [0.5, 0.6) is 0 Å². The van der Waals surface area contributed by atoms with Crippen LogP contribution < -0.4 is 5.73 Å². The molecule has 15 heavy (non-hydrogen) atoms. The summed E-state index contributed by atoms with van der Waals surface area (Å²) in [6.07, 6.45) is 1.23. The van der Waals surface area contributed by atoms with Gasteiger partial charge in [0.05, 0.1) is 18.4 Å². The van der Waals surface area contributed by atoms with Gasteiger partial charge >= 0.3 is 11.9 Å². The van der Waals surface area contributed by atoms with Gasteiger partial charge in [-0.15, -0.1) is 0 Å². The highest BCUT2D eigenvalue weighted by atomic mass is 16.5. The largest absolute Gasteiger partial charge is 0.480 e. The van der Waals surface area contributed by atoms with Gasteiger partial charge in [-0.2, -0.15) is 0 Å². The van der Waals surface area contributed by atoms with Crippen LogP contribution in [0.3, 0.4) is 0 Å². The standard InChI is InChI=1S/C9H10N2O4/c1-15-9(14)5-2-3-6(11-4-5)7(10)8(12)13/h2-4,7H,10H2,1H3,(H,12,13). The number of esters is 1. The molecule has 0 spiro atoms. The zero-order valence-corrected chi connectivity index (χ0v) is 8.01. The predicted molar refractivity (Wildman–Crippen MR) is 50.1 cm³/mol. The Morgan fingerprint density at radius 3 is 2.60 bits per heavy atom. The Bertz CT molecular complexity index is 374. The van der Waals surface area contributed by atoms with Crippen molar-refractivity contribution in [2.75, 3.05) is 7.11 Å². The van der Waals surface area contributed by atoms with Crippen LogP contribution in [0, 0.1) is 0 Å². The summed E-state index contributed by atoms with van der Waals surface area (Å²) in [5.41, 5.74) is 5.76. The fourth-order valence-corrected chi connectivity index (χ4v) is 0.954. The normalized spacial score (nSPS) is 11.9. The molecule has 1 atom stereocenters. The second-order valence-electron chi connectivity index (χ2n) is 2.78. The number of nitrogens with zero attached hydrogens (tertiary/aromatic N) is 1. The third-order valence-corrected chi connectivity index (χ3v) is 1.79. The Morgan fingerprint density at radius 1 is 1.53 bits per heavy atom. The maximum absolute atomic E-state index is 11.0. The van der Waals surface area contributed by atoms with Crippen molar-refractivity contribution < 1.29 is 19.4 Å². The van der Waals surface area contributed by atoms with Crippen molar-refractivity contribution in [2.24, 2.45) is 5.73 Å². The van der Waals surface area contributed by atoms with Crippen molar-refractivity contribution in [2.45, 2.75) is 6.04 Å². The van der Waals surface area contributed by atoms with E-state index in [-0.39, 0.29) is 11.3 Å². The fraction of sp³-hybridized carbons (Fsp3) is 0.222. The minimum absolute atomic E-state index is 0.190. The molecule has 1 aromatic heterocycles. The van der Waals surface area contributed by atoms with Crippen LogP contribution in [0.2, 0.25) is 0 Å². The summed E-state index contributed by atoms with van der Waals surface area (Å²) in [6, 6.07) is 1.61. The van der Waals surface area contributed by atoms with Gasteiger partial charge in [0.15, 0.2) is 0 Å². The minimum atomic E-state index is -1.18. The average Bonchev–Trinajstić information content (AvgIpc) is 2.27. The monoisotopic (exact) mass is 210 g/mol. The first-order valence-corrected chi connectivity index (χ1v) is 4.09. The van der Waals surface area contributed by atoms with Crippen molar-refractivity contribution >= 4 is 11.9 Å². The molecule has 0 aromatic carbocycles. The van der Waals surface area contributed by atoms with Crippen LogP contribution in [0.15, 0.2) is 18.3 Å². The first kappa shape index (κ1) is 11.1. The van der Waals surface area contributed by atoms with E-state index in [9.17, 15) is 9.59 Å². The SMILES string of the molecule is COC(=O)c1ccc(C(N)C(=O)O)nc1. The number of hydrogen-bond acceptors (Lipinski definition) is 5. The lowest BCUT2D eigenvalue weighted by Crippen LogP contribution is -2.21. The molecule has 3 N–H and O–H groups in total. The molecule has 1 unspecified atom stereocenters. The van der Waals surface area contributed by atoms with E-state index in [1.54, 1.807) is 0 Å². The fourth-order valence-electron chi connectivity index (χ4n) is 0.954. The molecular weight excluding hydrogens is 200 g/mol. The van der Waals surface area contributed by atoms with Crippen molar-refractivity contribution in [3.05, 3.63) is 29.6 Å². The molecule has 1 aromatic rings. The summed E-state index contributed by atoms with van der Waals surface area (Å²) in [5, 5.41) is 8.60. The summed E-state index contributed by atoms with van der Waals surface area (Å²) in [5.74, 6) is -1.70. The van der Waals surface area contributed by atoms with Crippen LogP contribution in [0.1, 0.15) is 22.1 Å². The molecule has 0 saturated carbocycles. The Balaban J connectivity index is 2.90. The molecule has 1 rings (SSSR count). The van der Waals surface area contributed by atoms with Gasteiger partial charge in [-0.05, 0) is 12.1 Å². The van der Waals surface area contributed by atoms with E-state index in [0.29, 0.717) is 0 Å². The van der Waals surface area contributed by atoms with Crippen molar-refractivity contribution in [1.29, 1.82) is 0 Å². The summed E-state index contributed by atoms with van der Waals surface area (Å²) in [7, 11) is 1.25. The number of ether oxygens (including phenoxy) is 1. The second kappa shape index (κ2) is 4.52. The van der Waals surface area contributed by atoms with E-state index in [1.807, 2.05) is 0 Å². The molecule has 0 amide bonds. The molecule has 0 aliphatic heterocycles. The summed E-state index contributed by atoms with van der Waals surface area (Å²) in [4.78, 5) is 25.3. The van der Waals surface area contributed by atoms with Gasteiger partial charge < -0.3 is 15.6 Å². The zero-order valence-electron chi connectivity index (χ0n) is 8.01. The quantitative estimate of drug-likeness (QED) is 0.678. The number of carboxylic acids is 1. The smallest absolute Gasteiger partial charge is 0.339 e. The number of hydrogen-bond donors (Lipinski definition) is 2. The number of aromatic nitrogens is 1. The molecule has 0 aliphatic carbocycles. The third kappa shape index (κ3) is 2.50. The highest BCUT2D eigenvalue weighted by Gasteiger charge is 2.16. The summed E-state index contributed by atoms with van der Waals surface area (Å²) >= 11 is 0. The van der Waals surface area contributed by atoms with Crippen molar-refractivity contribution in [3.63, 3.8) is 0 Å². The van der Waals surface area contributed by atoms with Crippen LogP contribution >= 0.6 is 0 Å².